The third-order valence-electron chi connectivity index (χ3n) is 13.8. The highest BCUT2D eigenvalue weighted by molar-refractivity contribution is 6.14. The number of hydrogen-bond acceptors (Lipinski definition) is 2. The molecule has 0 saturated heterocycles. The van der Waals surface area contributed by atoms with Crippen LogP contribution in [0.2, 0.25) is 0 Å². The second-order valence-electron chi connectivity index (χ2n) is 17.1. The molecule has 0 N–H and O–H groups in total. The van der Waals surface area contributed by atoms with Gasteiger partial charge in [-0.05, 0) is 145 Å². The van der Waals surface area contributed by atoms with Crippen LogP contribution in [0.4, 0.5) is 17.1 Å². The minimum atomic E-state index is -0.461. The van der Waals surface area contributed by atoms with Crippen LogP contribution in [-0.4, -0.2) is 0 Å². The molecule has 63 heavy (non-hydrogen) atoms. The monoisotopic (exact) mass is 803 g/mol. The average Bonchev–Trinajstić information content (AvgIpc) is 3.88. The van der Waals surface area contributed by atoms with Gasteiger partial charge < -0.3 is 9.32 Å². The second-order valence-corrected chi connectivity index (χ2v) is 17.1. The maximum atomic E-state index is 6.30. The molecule has 13 rings (SSSR count). The Morgan fingerprint density at radius 2 is 0.952 bits per heavy atom. The Kier molecular flexibility index (Phi) is 7.98. The van der Waals surface area contributed by atoms with E-state index in [1.54, 1.807) is 0 Å². The number of benzene rings is 10. The number of nitrogens with zero attached hydrogens (tertiary/aromatic N) is 1. The molecular weight excluding hydrogens is 763 g/mol. The normalized spacial score (nSPS) is 13.7. The molecule has 296 valence electrons. The molecule has 2 aliphatic carbocycles. The number of hydrogen-bond donors (Lipinski definition) is 0. The van der Waals surface area contributed by atoms with Crippen molar-refractivity contribution in [3.05, 3.63) is 252 Å². The van der Waals surface area contributed by atoms with Gasteiger partial charge in [0.25, 0.3) is 0 Å². The van der Waals surface area contributed by atoms with Crippen molar-refractivity contribution in [2.24, 2.45) is 0 Å². The molecule has 0 saturated carbocycles. The molecule has 1 heterocycles. The number of allylic oxidation sites excluding steroid dienone is 1. The van der Waals surface area contributed by atoms with Gasteiger partial charge in [0.15, 0.2) is 0 Å². The largest absolute Gasteiger partial charge is 0.456 e. The highest BCUT2D eigenvalue weighted by Gasteiger charge is 2.45. The summed E-state index contributed by atoms with van der Waals surface area (Å²) in [5.74, 6) is 0. The van der Waals surface area contributed by atoms with E-state index in [4.69, 9.17) is 4.42 Å². The van der Waals surface area contributed by atoms with E-state index in [0.29, 0.717) is 0 Å². The molecule has 1 aromatic heterocycles. The van der Waals surface area contributed by atoms with Gasteiger partial charge in [0.2, 0.25) is 0 Å². The summed E-state index contributed by atoms with van der Waals surface area (Å²) in [5.41, 5.74) is 17.5. The number of furan rings is 1. The van der Waals surface area contributed by atoms with Gasteiger partial charge in [-0.2, -0.15) is 0 Å². The summed E-state index contributed by atoms with van der Waals surface area (Å²) >= 11 is 0. The summed E-state index contributed by atoms with van der Waals surface area (Å²) in [7, 11) is 0. The minimum absolute atomic E-state index is 0.461. The predicted molar refractivity (Wildman–Crippen MR) is 264 cm³/mol. The summed E-state index contributed by atoms with van der Waals surface area (Å²) in [6, 6.07) is 78.2. The smallest absolute Gasteiger partial charge is 0.136 e. The summed E-state index contributed by atoms with van der Waals surface area (Å²) < 4.78 is 6.30. The molecule has 0 fully saturated rings. The van der Waals surface area contributed by atoms with Gasteiger partial charge in [-0.1, -0.05) is 170 Å². The Morgan fingerprint density at radius 1 is 0.397 bits per heavy atom. The lowest BCUT2D eigenvalue weighted by atomic mass is 9.68. The lowest BCUT2D eigenvalue weighted by Gasteiger charge is -2.34. The van der Waals surface area contributed by atoms with Crippen LogP contribution >= 0.6 is 0 Å². The van der Waals surface area contributed by atoms with Crippen LogP contribution < -0.4 is 4.90 Å². The van der Waals surface area contributed by atoms with Gasteiger partial charge in [0, 0.05) is 27.8 Å². The van der Waals surface area contributed by atoms with Crippen LogP contribution in [0, 0.1) is 0 Å². The molecule has 0 spiro atoms. The average molecular weight is 804 g/mol. The van der Waals surface area contributed by atoms with Crippen molar-refractivity contribution in [1.82, 2.24) is 0 Å². The third-order valence-corrected chi connectivity index (χ3v) is 13.8. The topological polar surface area (TPSA) is 16.4 Å². The Bertz CT molecular complexity index is 3570. The van der Waals surface area contributed by atoms with E-state index in [2.05, 4.69) is 217 Å². The second kappa shape index (κ2) is 14.1. The van der Waals surface area contributed by atoms with Crippen molar-refractivity contribution < 1.29 is 4.42 Å². The highest BCUT2D eigenvalue weighted by atomic mass is 16.3. The van der Waals surface area contributed by atoms with Gasteiger partial charge in [-0.15, -0.1) is 0 Å². The molecule has 2 heteroatoms. The van der Waals surface area contributed by atoms with Crippen LogP contribution in [0.1, 0.15) is 39.8 Å². The number of rotatable bonds is 6. The molecule has 0 unspecified atom stereocenters. The zero-order valence-electron chi connectivity index (χ0n) is 34.6. The maximum absolute atomic E-state index is 6.30. The SMILES string of the molecule is C1=Cc2c(c3cc(N(c4ccc(-c5ccc6c(c5)oc5ccccc56)cc4)c4ccc(C5(c6ccccc6)c6ccccc6-c6ccccc65)cc4)ccc3c3ccccc23)CC1. The van der Waals surface area contributed by atoms with Crippen molar-refractivity contribution in [1.29, 1.82) is 0 Å². The number of fused-ring (bicyclic) bond motifs is 12. The van der Waals surface area contributed by atoms with E-state index >= 15 is 0 Å². The zero-order chi connectivity index (χ0) is 41.5. The predicted octanol–water partition coefficient (Wildman–Crippen LogP) is 16.4. The Labute approximate surface area is 366 Å². The van der Waals surface area contributed by atoms with E-state index in [0.717, 1.165) is 63.0 Å². The van der Waals surface area contributed by atoms with Gasteiger partial charge in [-0.3, -0.25) is 0 Å². The van der Waals surface area contributed by atoms with Crippen LogP contribution in [-0.2, 0) is 11.8 Å². The van der Waals surface area contributed by atoms with Crippen molar-refractivity contribution >= 4 is 66.6 Å². The molecule has 10 aromatic carbocycles. The van der Waals surface area contributed by atoms with Gasteiger partial charge in [-0.25, -0.2) is 0 Å². The van der Waals surface area contributed by atoms with Crippen molar-refractivity contribution in [3.63, 3.8) is 0 Å². The standard InChI is InChI=1S/C61H41NO/c1-2-14-42(15-3-1)61(57-23-11-8-20-52(57)53-21-9-12-24-58(53)61)43-29-33-45(34-30-43)62(46-35-37-51-49-18-5-4-16-47(49)48-17-6-7-19-50(48)56(51)39-46)44-31-26-40(27-32-44)41-28-36-55-54-22-10-13-25-59(54)63-60(55)38-41/h1-6,8-18,20-39H,7,19H2. The summed E-state index contributed by atoms with van der Waals surface area (Å²) in [5, 5.41) is 7.54. The number of aryl methyl sites for hydroxylation is 1. The van der Waals surface area contributed by atoms with E-state index < -0.39 is 5.41 Å². The van der Waals surface area contributed by atoms with E-state index in [1.807, 2.05) is 12.1 Å². The van der Waals surface area contributed by atoms with Crippen LogP contribution in [0.5, 0.6) is 0 Å². The van der Waals surface area contributed by atoms with Gasteiger partial charge in [0.1, 0.15) is 11.2 Å². The number of para-hydroxylation sites is 1. The molecule has 2 aliphatic rings. The van der Waals surface area contributed by atoms with E-state index in [-0.39, 0.29) is 0 Å². The summed E-state index contributed by atoms with van der Waals surface area (Å²) in [6.07, 6.45) is 6.74. The van der Waals surface area contributed by atoms with E-state index in [1.165, 1.54) is 66.1 Å². The minimum Gasteiger partial charge on any atom is -0.456 e. The number of anilines is 3. The van der Waals surface area contributed by atoms with E-state index in [9.17, 15) is 0 Å². The third kappa shape index (κ3) is 5.38. The fourth-order valence-corrected chi connectivity index (χ4v) is 11.0. The van der Waals surface area contributed by atoms with Gasteiger partial charge >= 0.3 is 0 Å². The quantitative estimate of drug-likeness (QED) is 0.156. The van der Waals surface area contributed by atoms with Crippen molar-refractivity contribution in [2.75, 3.05) is 4.90 Å². The highest BCUT2D eigenvalue weighted by Crippen LogP contribution is 2.56. The Balaban J connectivity index is 0.983. The lowest BCUT2D eigenvalue weighted by molar-refractivity contribution is 0.669. The zero-order valence-corrected chi connectivity index (χ0v) is 34.6. The molecule has 0 radical (unpaired) electrons. The first kappa shape index (κ1) is 35.8. The Morgan fingerprint density at radius 3 is 1.71 bits per heavy atom. The molecule has 0 aliphatic heterocycles. The first-order valence-electron chi connectivity index (χ1n) is 22.1. The van der Waals surface area contributed by atoms with Crippen molar-refractivity contribution in [2.45, 2.75) is 18.3 Å². The molecule has 2 nitrogen and oxygen atoms in total. The molecule has 0 bridgehead atoms. The fourth-order valence-electron chi connectivity index (χ4n) is 11.0. The van der Waals surface area contributed by atoms with Gasteiger partial charge in [0.05, 0.1) is 5.41 Å². The maximum Gasteiger partial charge on any atom is 0.136 e. The van der Waals surface area contributed by atoms with Crippen LogP contribution in [0.15, 0.2) is 223 Å². The fraction of sp³-hybridized carbons (Fsp3) is 0.0492. The molecule has 11 aromatic rings. The van der Waals surface area contributed by atoms with Crippen LogP contribution in [0.25, 0.3) is 71.8 Å². The van der Waals surface area contributed by atoms with Crippen molar-refractivity contribution in [3.8, 4) is 22.3 Å². The first-order chi connectivity index (χ1) is 31.2. The molecular formula is C61H41NO. The van der Waals surface area contributed by atoms with Crippen LogP contribution in [0.3, 0.4) is 0 Å². The first-order valence-corrected chi connectivity index (χ1v) is 22.1. The lowest BCUT2D eigenvalue weighted by Crippen LogP contribution is -2.28. The molecule has 0 atom stereocenters. The Hall–Kier alpha value is -7.94. The summed E-state index contributed by atoms with van der Waals surface area (Å²) in [4.78, 5) is 2.43. The molecule has 0 amide bonds. The summed E-state index contributed by atoms with van der Waals surface area (Å²) in [6.45, 7) is 0.